The van der Waals surface area contributed by atoms with Gasteiger partial charge in [0, 0.05) is 32.2 Å². The molecule has 3 fully saturated rings. The van der Waals surface area contributed by atoms with Gasteiger partial charge >= 0.3 is 0 Å². The van der Waals surface area contributed by atoms with E-state index in [2.05, 4.69) is 38.0 Å². The summed E-state index contributed by atoms with van der Waals surface area (Å²) in [5.41, 5.74) is 0. The van der Waals surface area contributed by atoms with Crippen molar-refractivity contribution < 1.29 is 0 Å². The molecular weight excluding hydrogens is 455 g/mol. The van der Waals surface area contributed by atoms with Crippen molar-refractivity contribution in [3.05, 3.63) is 17.5 Å². The van der Waals surface area contributed by atoms with Crippen molar-refractivity contribution in [1.82, 2.24) is 10.6 Å². The van der Waals surface area contributed by atoms with Crippen LogP contribution in [0.5, 0.6) is 0 Å². The van der Waals surface area contributed by atoms with Crippen LogP contribution in [0, 0.1) is 11.8 Å². The van der Waals surface area contributed by atoms with Gasteiger partial charge in [-0.3, -0.25) is 4.99 Å². The number of halogens is 1. The van der Waals surface area contributed by atoms with Gasteiger partial charge in [-0.1, -0.05) is 32.1 Å². The largest absolute Gasteiger partial charge is 0.363 e. The minimum Gasteiger partial charge on any atom is -0.363 e. The van der Waals surface area contributed by atoms with E-state index >= 15 is 0 Å². The van der Waals surface area contributed by atoms with Gasteiger partial charge in [0.25, 0.3) is 0 Å². The summed E-state index contributed by atoms with van der Waals surface area (Å²) in [6.07, 6.45) is 11.0. The van der Waals surface area contributed by atoms with Crippen molar-refractivity contribution in [3.8, 4) is 0 Å². The molecule has 2 unspecified atom stereocenters. The highest BCUT2D eigenvalue weighted by Crippen LogP contribution is 2.44. The van der Waals surface area contributed by atoms with Crippen molar-refractivity contribution in [2.75, 3.05) is 25.0 Å². The Morgan fingerprint density at radius 1 is 1.12 bits per heavy atom. The minimum absolute atomic E-state index is 0. The lowest BCUT2D eigenvalue weighted by Gasteiger charge is -2.33. The first-order valence-electron chi connectivity index (χ1n) is 10.1. The molecule has 1 aromatic heterocycles. The van der Waals surface area contributed by atoms with Crippen molar-refractivity contribution in [2.45, 2.75) is 63.5 Å². The Morgan fingerprint density at radius 2 is 1.88 bits per heavy atom. The van der Waals surface area contributed by atoms with Crippen molar-refractivity contribution >= 4 is 46.3 Å². The second kappa shape index (κ2) is 9.62. The van der Waals surface area contributed by atoms with Crippen LogP contribution in [-0.2, 0) is 0 Å². The average Bonchev–Trinajstić information content (AvgIpc) is 3.21. The lowest BCUT2D eigenvalue weighted by Crippen LogP contribution is -2.49. The highest BCUT2D eigenvalue weighted by Gasteiger charge is 2.43. The molecule has 2 aliphatic carbocycles. The van der Waals surface area contributed by atoms with Crippen LogP contribution in [0.1, 0.15) is 51.4 Å². The lowest BCUT2D eigenvalue weighted by atomic mass is 9.85. The SMILES string of the molecule is CN=C(NC1CCN(c2cccs2)CC1)NC1CC1C1CCCCC1.I. The summed E-state index contributed by atoms with van der Waals surface area (Å²) < 4.78 is 0. The van der Waals surface area contributed by atoms with Crippen molar-refractivity contribution in [3.63, 3.8) is 0 Å². The Bertz CT molecular complexity index is 562. The lowest BCUT2D eigenvalue weighted by molar-refractivity contribution is 0.315. The second-order valence-electron chi connectivity index (χ2n) is 7.98. The van der Waals surface area contributed by atoms with Crippen LogP contribution in [0.3, 0.4) is 0 Å². The van der Waals surface area contributed by atoms with Gasteiger partial charge in [-0.25, -0.2) is 0 Å². The minimum atomic E-state index is 0. The topological polar surface area (TPSA) is 39.7 Å². The standard InChI is InChI=1S/C20H32N4S.HI/c1-21-20(23-18-14-17(18)15-6-3-2-4-7-15)22-16-9-11-24(12-10-16)19-8-5-13-25-19;/h5,8,13,15-18H,2-4,6-7,9-12,14H2,1H3,(H2,21,22,23);1H. The molecule has 4 nitrogen and oxygen atoms in total. The summed E-state index contributed by atoms with van der Waals surface area (Å²) >= 11 is 1.85. The zero-order valence-electron chi connectivity index (χ0n) is 15.8. The van der Waals surface area contributed by atoms with E-state index in [9.17, 15) is 0 Å². The number of hydrogen-bond donors (Lipinski definition) is 2. The smallest absolute Gasteiger partial charge is 0.191 e. The maximum absolute atomic E-state index is 4.49. The summed E-state index contributed by atoms with van der Waals surface area (Å²) in [5.74, 6) is 2.90. The highest BCUT2D eigenvalue weighted by molar-refractivity contribution is 14.0. The van der Waals surface area contributed by atoms with E-state index in [1.165, 1.54) is 56.4 Å². The van der Waals surface area contributed by atoms with Crippen LogP contribution in [0.4, 0.5) is 5.00 Å². The number of hydrogen-bond acceptors (Lipinski definition) is 3. The monoisotopic (exact) mass is 488 g/mol. The van der Waals surface area contributed by atoms with Crippen LogP contribution < -0.4 is 15.5 Å². The fraction of sp³-hybridized carbons (Fsp3) is 0.750. The normalized spacial score (nSPS) is 27.7. The Kier molecular flexibility index (Phi) is 7.49. The summed E-state index contributed by atoms with van der Waals surface area (Å²) in [6, 6.07) is 5.60. The third-order valence-corrected chi connectivity index (χ3v) is 7.22. The molecule has 0 amide bonds. The van der Waals surface area contributed by atoms with E-state index in [4.69, 9.17) is 0 Å². The number of anilines is 1. The predicted molar refractivity (Wildman–Crippen MR) is 123 cm³/mol. The van der Waals surface area contributed by atoms with Crippen molar-refractivity contribution in [2.24, 2.45) is 16.8 Å². The van der Waals surface area contributed by atoms with Gasteiger partial charge in [0.2, 0.25) is 0 Å². The molecule has 2 heterocycles. The number of nitrogens with one attached hydrogen (secondary N) is 2. The molecule has 6 heteroatoms. The van der Waals surface area contributed by atoms with Crippen LogP contribution in [0.2, 0.25) is 0 Å². The maximum Gasteiger partial charge on any atom is 0.191 e. The molecule has 1 saturated heterocycles. The number of aliphatic imine (C=N–C) groups is 1. The zero-order chi connectivity index (χ0) is 17.1. The molecule has 0 spiro atoms. The Morgan fingerprint density at radius 3 is 2.54 bits per heavy atom. The Balaban J connectivity index is 0.00000196. The quantitative estimate of drug-likeness (QED) is 0.373. The van der Waals surface area contributed by atoms with Gasteiger partial charge in [-0.2, -0.15) is 0 Å². The third-order valence-electron chi connectivity index (χ3n) is 6.29. The first kappa shape index (κ1) is 20.2. The number of piperidine rings is 1. The van der Waals surface area contributed by atoms with E-state index in [0.29, 0.717) is 12.1 Å². The van der Waals surface area contributed by atoms with E-state index in [0.717, 1.165) is 30.9 Å². The fourth-order valence-electron chi connectivity index (χ4n) is 4.70. The van der Waals surface area contributed by atoms with Crippen LogP contribution in [-0.4, -0.2) is 38.2 Å². The van der Waals surface area contributed by atoms with Gasteiger partial charge < -0.3 is 15.5 Å². The zero-order valence-corrected chi connectivity index (χ0v) is 19.0. The summed E-state index contributed by atoms with van der Waals surface area (Å²) in [5, 5.41) is 11.0. The summed E-state index contributed by atoms with van der Waals surface area (Å²) in [7, 11) is 1.91. The van der Waals surface area contributed by atoms with Crippen molar-refractivity contribution in [1.29, 1.82) is 0 Å². The third kappa shape index (κ3) is 5.06. The van der Waals surface area contributed by atoms with Crippen LogP contribution in [0.25, 0.3) is 0 Å². The van der Waals surface area contributed by atoms with E-state index in [1.807, 2.05) is 18.4 Å². The summed E-state index contributed by atoms with van der Waals surface area (Å²) in [4.78, 5) is 7.01. The van der Waals surface area contributed by atoms with Gasteiger partial charge in [-0.05, 0) is 48.6 Å². The van der Waals surface area contributed by atoms with Gasteiger partial charge in [0.05, 0.1) is 5.00 Å². The predicted octanol–water partition coefficient (Wildman–Crippen LogP) is 4.47. The maximum atomic E-state index is 4.49. The molecule has 0 aromatic carbocycles. The molecule has 2 saturated carbocycles. The van der Waals surface area contributed by atoms with E-state index in [1.54, 1.807) is 0 Å². The van der Waals surface area contributed by atoms with Crippen LogP contribution in [0.15, 0.2) is 22.5 Å². The number of nitrogens with zero attached hydrogens (tertiary/aromatic N) is 2. The molecule has 2 atom stereocenters. The van der Waals surface area contributed by atoms with Gasteiger partial charge in [-0.15, -0.1) is 35.3 Å². The molecule has 26 heavy (non-hydrogen) atoms. The molecule has 0 radical (unpaired) electrons. The molecule has 1 aliphatic heterocycles. The molecule has 3 aliphatic rings. The second-order valence-corrected chi connectivity index (χ2v) is 8.90. The number of thiophene rings is 1. The van der Waals surface area contributed by atoms with Gasteiger partial charge in [0.1, 0.15) is 0 Å². The fourth-order valence-corrected chi connectivity index (χ4v) is 5.48. The first-order valence-corrected chi connectivity index (χ1v) is 11.0. The number of guanidine groups is 1. The Labute approximate surface area is 179 Å². The molecule has 146 valence electrons. The molecule has 0 bridgehead atoms. The first-order chi connectivity index (χ1) is 12.3. The van der Waals surface area contributed by atoms with Gasteiger partial charge in [0.15, 0.2) is 5.96 Å². The van der Waals surface area contributed by atoms with E-state index < -0.39 is 0 Å². The molecular formula is C20H33IN4S. The average molecular weight is 488 g/mol. The molecule has 2 N–H and O–H groups in total. The highest BCUT2D eigenvalue weighted by atomic mass is 127. The molecule has 1 aromatic rings. The number of rotatable bonds is 4. The Hall–Kier alpha value is -0.500. The summed E-state index contributed by atoms with van der Waals surface area (Å²) in [6.45, 7) is 2.28. The molecule has 4 rings (SSSR count). The van der Waals surface area contributed by atoms with Crippen LogP contribution >= 0.6 is 35.3 Å². The van der Waals surface area contributed by atoms with E-state index in [-0.39, 0.29) is 24.0 Å².